The Morgan fingerprint density at radius 1 is 1.33 bits per heavy atom. The van der Waals surface area contributed by atoms with Crippen molar-refractivity contribution in [3.63, 3.8) is 0 Å². The van der Waals surface area contributed by atoms with Crippen LogP contribution in [0.5, 0.6) is 5.75 Å². The fourth-order valence-corrected chi connectivity index (χ4v) is 1.79. The van der Waals surface area contributed by atoms with E-state index in [2.05, 4.69) is 10.6 Å². The predicted octanol–water partition coefficient (Wildman–Crippen LogP) is 1.71. The molecule has 4 N–H and O–H groups in total. The first-order chi connectivity index (χ1) is 11.3. The van der Waals surface area contributed by atoms with E-state index in [1.54, 1.807) is 6.92 Å². The monoisotopic (exact) mass is 357 g/mol. The minimum Gasteiger partial charge on any atom is -0.496 e. The zero-order valence-corrected chi connectivity index (χ0v) is 14.4. The number of anilines is 1. The van der Waals surface area contributed by atoms with Crippen molar-refractivity contribution < 1.29 is 23.9 Å². The standard InChI is InChI=1S/C15H20ClN3O5/c1-4-8(2)18-15(22)19-13(20)7-24-14(21)9-5-10(16)11(17)6-12(9)23-3/h5-6,8H,4,7,17H2,1-3H3,(H2,18,19,20,22)/t8-/m1/s1. The molecule has 0 heterocycles. The number of nitrogens with two attached hydrogens (primary N) is 1. The number of hydrogen-bond acceptors (Lipinski definition) is 6. The van der Waals surface area contributed by atoms with E-state index in [1.807, 2.05) is 6.92 Å². The quantitative estimate of drug-likeness (QED) is 0.526. The number of urea groups is 1. The number of carbonyl (C=O) groups is 3. The van der Waals surface area contributed by atoms with Crippen LogP contribution in [0.1, 0.15) is 30.6 Å². The number of nitrogen functional groups attached to an aromatic ring is 1. The van der Waals surface area contributed by atoms with Gasteiger partial charge in [0.1, 0.15) is 11.3 Å². The molecule has 0 radical (unpaired) electrons. The molecule has 0 unspecified atom stereocenters. The van der Waals surface area contributed by atoms with Crippen LogP contribution >= 0.6 is 11.6 Å². The van der Waals surface area contributed by atoms with Gasteiger partial charge in [0.2, 0.25) is 0 Å². The van der Waals surface area contributed by atoms with Gasteiger partial charge >= 0.3 is 12.0 Å². The van der Waals surface area contributed by atoms with E-state index < -0.39 is 24.5 Å². The number of imide groups is 1. The number of esters is 1. The van der Waals surface area contributed by atoms with Gasteiger partial charge in [0, 0.05) is 12.1 Å². The van der Waals surface area contributed by atoms with E-state index in [0.29, 0.717) is 6.42 Å². The van der Waals surface area contributed by atoms with Gasteiger partial charge in [-0.15, -0.1) is 0 Å². The predicted molar refractivity (Wildman–Crippen MR) is 89.1 cm³/mol. The average molecular weight is 358 g/mol. The molecule has 8 nitrogen and oxygen atoms in total. The smallest absolute Gasteiger partial charge is 0.342 e. The van der Waals surface area contributed by atoms with Gasteiger partial charge in [0.15, 0.2) is 6.61 Å². The Morgan fingerprint density at radius 3 is 2.58 bits per heavy atom. The highest BCUT2D eigenvalue weighted by Gasteiger charge is 2.18. The Morgan fingerprint density at radius 2 is 2.00 bits per heavy atom. The fourth-order valence-electron chi connectivity index (χ4n) is 1.63. The lowest BCUT2D eigenvalue weighted by molar-refractivity contribution is -0.123. The van der Waals surface area contributed by atoms with Gasteiger partial charge in [-0.2, -0.15) is 0 Å². The summed E-state index contributed by atoms with van der Waals surface area (Å²) >= 11 is 5.86. The third-order valence-electron chi connectivity index (χ3n) is 3.12. The summed E-state index contributed by atoms with van der Waals surface area (Å²) in [5.41, 5.74) is 5.88. The molecule has 0 saturated carbocycles. The SMILES string of the molecule is CC[C@@H](C)NC(=O)NC(=O)COC(=O)c1cc(Cl)c(N)cc1OC. The summed E-state index contributed by atoms with van der Waals surface area (Å²) in [7, 11) is 1.35. The van der Waals surface area contributed by atoms with Crippen LogP contribution in [-0.4, -0.2) is 37.7 Å². The first-order valence-electron chi connectivity index (χ1n) is 7.18. The molecular formula is C15H20ClN3O5. The Balaban J connectivity index is 2.62. The molecule has 1 atom stereocenters. The van der Waals surface area contributed by atoms with Crippen molar-refractivity contribution >= 4 is 35.2 Å². The van der Waals surface area contributed by atoms with Gasteiger partial charge in [0.25, 0.3) is 5.91 Å². The van der Waals surface area contributed by atoms with Crippen LogP contribution in [0.15, 0.2) is 12.1 Å². The molecule has 0 aliphatic carbocycles. The molecule has 132 valence electrons. The lowest BCUT2D eigenvalue weighted by Gasteiger charge is -2.12. The molecule has 9 heteroatoms. The zero-order valence-electron chi connectivity index (χ0n) is 13.6. The largest absolute Gasteiger partial charge is 0.496 e. The summed E-state index contributed by atoms with van der Waals surface area (Å²) in [5.74, 6) is -1.42. The molecule has 1 aromatic carbocycles. The van der Waals surface area contributed by atoms with Crippen LogP contribution in [0.25, 0.3) is 0 Å². The van der Waals surface area contributed by atoms with E-state index in [9.17, 15) is 14.4 Å². The molecule has 0 fully saturated rings. The third kappa shape index (κ3) is 5.62. The molecular weight excluding hydrogens is 338 g/mol. The van der Waals surface area contributed by atoms with Gasteiger partial charge in [0.05, 0.1) is 17.8 Å². The van der Waals surface area contributed by atoms with E-state index in [0.717, 1.165) is 0 Å². The van der Waals surface area contributed by atoms with Crippen LogP contribution in [0.3, 0.4) is 0 Å². The molecule has 0 aromatic heterocycles. The van der Waals surface area contributed by atoms with Crippen molar-refractivity contribution in [3.05, 3.63) is 22.7 Å². The zero-order chi connectivity index (χ0) is 18.3. The first-order valence-corrected chi connectivity index (χ1v) is 7.56. The van der Waals surface area contributed by atoms with Gasteiger partial charge < -0.3 is 20.5 Å². The van der Waals surface area contributed by atoms with Gasteiger partial charge in [-0.25, -0.2) is 9.59 Å². The maximum Gasteiger partial charge on any atom is 0.342 e. The molecule has 0 spiro atoms. The Labute approximate surface area is 144 Å². The molecule has 1 aromatic rings. The maximum atomic E-state index is 12.0. The van der Waals surface area contributed by atoms with Crippen LogP contribution in [0.2, 0.25) is 5.02 Å². The van der Waals surface area contributed by atoms with Gasteiger partial charge in [-0.3, -0.25) is 10.1 Å². The summed E-state index contributed by atoms with van der Waals surface area (Å²) in [5, 5.41) is 4.76. The molecule has 0 saturated heterocycles. The lowest BCUT2D eigenvalue weighted by atomic mass is 10.2. The van der Waals surface area contributed by atoms with Crippen molar-refractivity contribution in [1.29, 1.82) is 0 Å². The molecule has 3 amide bonds. The maximum absolute atomic E-state index is 12.0. The number of nitrogens with one attached hydrogen (secondary N) is 2. The molecule has 0 aliphatic heterocycles. The number of hydrogen-bond donors (Lipinski definition) is 3. The highest BCUT2D eigenvalue weighted by molar-refractivity contribution is 6.33. The van der Waals surface area contributed by atoms with E-state index in [4.69, 9.17) is 26.8 Å². The van der Waals surface area contributed by atoms with E-state index >= 15 is 0 Å². The second kappa shape index (κ2) is 8.97. The van der Waals surface area contributed by atoms with Crippen molar-refractivity contribution in [2.75, 3.05) is 19.5 Å². The highest BCUT2D eigenvalue weighted by Crippen LogP contribution is 2.29. The van der Waals surface area contributed by atoms with Crippen molar-refractivity contribution in [2.24, 2.45) is 0 Å². The molecule has 0 bridgehead atoms. The van der Waals surface area contributed by atoms with Crippen LogP contribution in [0, 0.1) is 0 Å². The van der Waals surface area contributed by atoms with E-state index in [1.165, 1.54) is 19.2 Å². The van der Waals surface area contributed by atoms with E-state index in [-0.39, 0.29) is 28.1 Å². The summed E-state index contributed by atoms with van der Waals surface area (Å²) in [6.45, 7) is 3.05. The van der Waals surface area contributed by atoms with Gasteiger partial charge in [-0.1, -0.05) is 18.5 Å². The summed E-state index contributed by atoms with van der Waals surface area (Å²) in [4.78, 5) is 35.1. The molecule has 24 heavy (non-hydrogen) atoms. The van der Waals surface area contributed by atoms with Crippen molar-refractivity contribution in [2.45, 2.75) is 26.3 Å². The Kier molecular flexibility index (Phi) is 7.31. The topological polar surface area (TPSA) is 120 Å². The molecule has 0 aliphatic rings. The fraction of sp³-hybridized carbons (Fsp3) is 0.400. The normalized spacial score (nSPS) is 11.3. The Bertz CT molecular complexity index is 636. The van der Waals surface area contributed by atoms with Crippen LogP contribution < -0.4 is 21.1 Å². The number of benzene rings is 1. The number of rotatable bonds is 6. The lowest BCUT2D eigenvalue weighted by Crippen LogP contribution is -2.44. The number of ether oxygens (including phenoxy) is 2. The second-order valence-electron chi connectivity index (χ2n) is 4.98. The van der Waals surface area contributed by atoms with Gasteiger partial charge in [-0.05, 0) is 19.4 Å². The summed E-state index contributed by atoms with van der Waals surface area (Å²) in [6, 6.07) is 1.92. The minimum atomic E-state index is -0.828. The van der Waals surface area contributed by atoms with Crippen LogP contribution in [0.4, 0.5) is 10.5 Å². The van der Waals surface area contributed by atoms with Crippen LogP contribution in [-0.2, 0) is 9.53 Å². The number of carbonyl (C=O) groups excluding carboxylic acids is 3. The second-order valence-corrected chi connectivity index (χ2v) is 5.39. The minimum absolute atomic E-state index is 0.0218. The number of halogens is 1. The number of amides is 3. The highest BCUT2D eigenvalue weighted by atomic mass is 35.5. The Hall–Kier alpha value is -2.48. The average Bonchev–Trinajstić information content (AvgIpc) is 2.54. The summed E-state index contributed by atoms with van der Waals surface area (Å²) < 4.78 is 9.87. The number of methoxy groups -OCH3 is 1. The van der Waals surface area contributed by atoms with Crippen molar-refractivity contribution in [3.8, 4) is 5.75 Å². The summed E-state index contributed by atoms with van der Waals surface area (Å²) in [6.07, 6.45) is 0.717. The third-order valence-corrected chi connectivity index (χ3v) is 3.44. The molecule has 1 rings (SSSR count). The first kappa shape index (κ1) is 19.6. The van der Waals surface area contributed by atoms with Crippen molar-refractivity contribution in [1.82, 2.24) is 10.6 Å².